The first-order chi connectivity index (χ1) is 22.9. The Hall–Kier alpha value is -2.82. The number of likely N-dealkylation sites (N-methyl/N-ethyl adjacent to an activating group) is 2. The van der Waals surface area contributed by atoms with Crippen molar-refractivity contribution in [2.24, 2.45) is 28.9 Å². The van der Waals surface area contributed by atoms with Gasteiger partial charge in [0.2, 0.25) is 5.91 Å². The molecule has 1 aromatic carbocycles. The number of hydrogen-bond donors (Lipinski definition) is 3. The maximum absolute atomic E-state index is 14.5. The van der Waals surface area contributed by atoms with Gasteiger partial charge in [-0.3, -0.25) is 9.69 Å². The second kappa shape index (κ2) is 13.5. The molecule has 10 heteroatoms. The molecule has 6 rings (SSSR count). The molecule has 2 fully saturated rings. The van der Waals surface area contributed by atoms with Gasteiger partial charge in [-0.2, -0.15) is 0 Å². The van der Waals surface area contributed by atoms with Crippen LogP contribution in [0.25, 0.3) is 0 Å². The third-order valence-corrected chi connectivity index (χ3v) is 13.7. The van der Waals surface area contributed by atoms with E-state index in [0.29, 0.717) is 30.8 Å². The molecule has 5 aliphatic rings. The molecular formula is C38H59N5O5. The molecular weight excluding hydrogens is 606 g/mol. The van der Waals surface area contributed by atoms with Crippen LogP contribution in [0.2, 0.25) is 0 Å². The van der Waals surface area contributed by atoms with Gasteiger partial charge in [-0.1, -0.05) is 46.6 Å². The summed E-state index contributed by atoms with van der Waals surface area (Å²) in [5, 5.41) is 6.38. The maximum Gasteiger partial charge on any atom is 0.415 e. The van der Waals surface area contributed by atoms with Crippen molar-refractivity contribution in [1.29, 1.82) is 0 Å². The van der Waals surface area contributed by atoms with Crippen LogP contribution < -0.4 is 25.8 Å². The average molecular weight is 666 g/mol. The number of methoxy groups -OCH3 is 1. The van der Waals surface area contributed by atoms with Gasteiger partial charge in [-0.25, -0.2) is 4.79 Å². The largest absolute Gasteiger partial charge is 0.493 e. The Bertz CT molecular complexity index is 1420. The number of hydrogen-bond acceptors (Lipinski definition) is 8. The second-order valence-corrected chi connectivity index (χ2v) is 15.7. The zero-order valence-corrected chi connectivity index (χ0v) is 30.4. The van der Waals surface area contributed by atoms with Crippen LogP contribution in [0.5, 0.6) is 11.5 Å². The topological polar surface area (TPSA) is 118 Å². The molecule has 3 aliphatic heterocycles. The van der Waals surface area contributed by atoms with Gasteiger partial charge in [0, 0.05) is 29.6 Å². The van der Waals surface area contributed by atoms with Crippen molar-refractivity contribution >= 4 is 12.0 Å². The van der Waals surface area contributed by atoms with Crippen molar-refractivity contribution < 1.29 is 23.8 Å². The van der Waals surface area contributed by atoms with E-state index in [2.05, 4.69) is 69.3 Å². The highest BCUT2D eigenvalue weighted by Crippen LogP contribution is 2.68. The summed E-state index contributed by atoms with van der Waals surface area (Å²) in [7, 11) is 5.76. The lowest BCUT2D eigenvalue weighted by Gasteiger charge is -2.63. The normalized spacial score (nSPS) is 35.6. The third-order valence-electron chi connectivity index (χ3n) is 13.7. The zero-order chi connectivity index (χ0) is 34.5. The number of allylic oxidation sites excluding steroid dienone is 1. The first kappa shape index (κ1) is 35.0. The molecule has 5 unspecified atom stereocenters. The first-order valence-corrected chi connectivity index (χ1v) is 18.4. The number of amides is 2. The molecule has 1 spiro atoms. The molecule has 3 heterocycles. The number of unbranched alkanes of at least 4 members (excludes halogenated alkanes) is 2. The molecule has 2 amide bonds. The van der Waals surface area contributed by atoms with Crippen molar-refractivity contribution in [1.82, 2.24) is 20.4 Å². The number of rotatable bonds is 11. The number of piperidine rings is 2. The Morgan fingerprint density at radius 1 is 1.12 bits per heavy atom. The van der Waals surface area contributed by atoms with Crippen LogP contribution in [0.1, 0.15) is 84.3 Å². The summed E-state index contributed by atoms with van der Waals surface area (Å²) in [5.74, 6) is 2.91. The molecule has 2 aliphatic carbocycles. The highest BCUT2D eigenvalue weighted by Gasteiger charge is 2.70. The van der Waals surface area contributed by atoms with Crippen LogP contribution in [0.15, 0.2) is 24.0 Å². The van der Waals surface area contributed by atoms with Crippen molar-refractivity contribution in [2.45, 2.75) is 115 Å². The Morgan fingerprint density at radius 2 is 1.90 bits per heavy atom. The summed E-state index contributed by atoms with van der Waals surface area (Å²) in [5.41, 5.74) is 7.83. The van der Waals surface area contributed by atoms with Gasteiger partial charge in [-0.15, -0.1) is 0 Å². The molecule has 2 saturated heterocycles. The first-order valence-electron chi connectivity index (χ1n) is 18.4. The van der Waals surface area contributed by atoms with Crippen LogP contribution in [0.4, 0.5) is 4.79 Å². The van der Waals surface area contributed by atoms with E-state index in [4.69, 9.17) is 19.9 Å². The summed E-state index contributed by atoms with van der Waals surface area (Å²) in [6, 6.07) is 4.03. The molecule has 10 atom stereocenters. The Balaban J connectivity index is 1.26. The SMILES string of the molecule is CN[C@@H](CCCCCN)C(=O)NCC1C(C)C(C)C(C)C(C)N1C(=O)OC1=CC[C@@]2(C)[C@H]3Cc4ccc(OC)c5c4[C@@]2(CCN3C)[C@H]1O5. The van der Waals surface area contributed by atoms with Gasteiger partial charge in [-0.05, 0) is 102 Å². The quantitative estimate of drug-likeness (QED) is 0.294. The summed E-state index contributed by atoms with van der Waals surface area (Å²) in [6.45, 7) is 13.2. The van der Waals surface area contributed by atoms with Crippen LogP contribution >= 0.6 is 0 Å². The minimum absolute atomic E-state index is 0.0333. The molecule has 1 aromatic rings. The average Bonchev–Trinajstić information content (AvgIpc) is 3.43. The number of carbonyl (C=O) groups is 2. The number of nitrogens with one attached hydrogen (secondary N) is 2. The van der Waals surface area contributed by atoms with Crippen molar-refractivity contribution in [3.63, 3.8) is 0 Å². The molecule has 48 heavy (non-hydrogen) atoms. The fourth-order valence-corrected chi connectivity index (χ4v) is 10.3. The maximum atomic E-state index is 14.5. The summed E-state index contributed by atoms with van der Waals surface area (Å²) < 4.78 is 19.3. The minimum Gasteiger partial charge on any atom is -0.493 e. The number of carbonyl (C=O) groups excluding carboxylic acids is 2. The van der Waals surface area contributed by atoms with E-state index < -0.39 is 6.10 Å². The van der Waals surface area contributed by atoms with E-state index in [9.17, 15) is 9.59 Å². The van der Waals surface area contributed by atoms with Gasteiger partial charge in [0.1, 0.15) is 5.76 Å². The van der Waals surface area contributed by atoms with Crippen molar-refractivity contribution in [2.75, 3.05) is 40.8 Å². The molecule has 2 bridgehead atoms. The summed E-state index contributed by atoms with van der Waals surface area (Å²) in [6.07, 6.45) is 7.69. The molecule has 4 N–H and O–H groups in total. The molecule has 0 aromatic heterocycles. The monoisotopic (exact) mass is 665 g/mol. The predicted octanol–water partition coefficient (Wildman–Crippen LogP) is 4.59. The fraction of sp³-hybridized carbons (Fsp3) is 0.737. The third kappa shape index (κ3) is 5.32. The number of ether oxygens (including phenoxy) is 3. The molecule has 0 saturated carbocycles. The Morgan fingerprint density at radius 3 is 2.60 bits per heavy atom. The molecule has 266 valence electrons. The standard InChI is InChI=1S/C38H59N5O5/c1-22-23(2)25(4)43(28(24(22)3)21-41-35(44)27(40-6)12-10-9-11-18-39)36(45)47-30-15-16-37(5)31-20-26-13-14-29(46-8)33-32(26)38(37,34(30)48-33)17-19-42(31)7/h13-15,22-25,27-28,31,34,40H,9-12,16-21,39H2,1-8H3,(H,41,44)/t22?,23?,24?,25?,27-,28?,31+,34-,37-,38-/m0/s1. The van der Waals surface area contributed by atoms with Crippen molar-refractivity contribution in [3.05, 3.63) is 35.1 Å². The van der Waals surface area contributed by atoms with E-state index in [1.54, 1.807) is 7.11 Å². The predicted molar refractivity (Wildman–Crippen MR) is 187 cm³/mol. The van der Waals surface area contributed by atoms with Crippen LogP contribution in [-0.4, -0.2) is 92.9 Å². The van der Waals surface area contributed by atoms with Gasteiger partial charge >= 0.3 is 6.09 Å². The van der Waals surface area contributed by atoms with Gasteiger partial charge in [0.25, 0.3) is 0 Å². The van der Waals surface area contributed by atoms with E-state index in [0.717, 1.165) is 63.0 Å². The summed E-state index contributed by atoms with van der Waals surface area (Å²) in [4.78, 5) is 32.3. The smallest absolute Gasteiger partial charge is 0.415 e. The fourth-order valence-electron chi connectivity index (χ4n) is 10.3. The lowest BCUT2D eigenvalue weighted by atomic mass is 9.45. The number of nitrogens with two attached hydrogens (primary N) is 1. The Labute approximate surface area is 287 Å². The van der Waals surface area contributed by atoms with Crippen LogP contribution in [-0.2, 0) is 21.4 Å². The molecule has 10 nitrogen and oxygen atoms in total. The van der Waals surface area contributed by atoms with Crippen molar-refractivity contribution in [3.8, 4) is 11.5 Å². The highest BCUT2D eigenvalue weighted by molar-refractivity contribution is 5.81. The summed E-state index contributed by atoms with van der Waals surface area (Å²) >= 11 is 0. The lowest BCUT2D eigenvalue weighted by molar-refractivity contribution is -0.124. The second-order valence-electron chi connectivity index (χ2n) is 15.7. The van der Waals surface area contributed by atoms with E-state index in [1.807, 2.05) is 18.0 Å². The number of nitrogens with zero attached hydrogens (tertiary/aromatic N) is 2. The molecule has 0 radical (unpaired) electrons. The minimum atomic E-state index is -0.413. The van der Waals surface area contributed by atoms with Crippen LogP contribution in [0.3, 0.4) is 0 Å². The van der Waals surface area contributed by atoms with Crippen LogP contribution in [0, 0.1) is 23.2 Å². The van der Waals surface area contributed by atoms with E-state index in [-0.39, 0.29) is 52.8 Å². The van der Waals surface area contributed by atoms with Gasteiger partial charge in [0.15, 0.2) is 17.6 Å². The van der Waals surface area contributed by atoms with Gasteiger partial charge < -0.3 is 35.5 Å². The highest BCUT2D eigenvalue weighted by atomic mass is 16.6. The number of likely N-dealkylation sites (tertiary alicyclic amines) is 2. The Kier molecular flexibility index (Phi) is 9.83. The zero-order valence-electron chi connectivity index (χ0n) is 30.4. The lowest BCUT2D eigenvalue weighted by Crippen LogP contribution is -2.69. The number of benzene rings is 1. The van der Waals surface area contributed by atoms with E-state index in [1.165, 1.54) is 11.1 Å². The van der Waals surface area contributed by atoms with E-state index >= 15 is 0 Å². The van der Waals surface area contributed by atoms with Gasteiger partial charge in [0.05, 0.1) is 24.6 Å².